The second-order valence-corrected chi connectivity index (χ2v) is 9.96. The smallest absolute Gasteiger partial charge is 0.352 e. The maximum atomic E-state index is 12.7. The summed E-state index contributed by atoms with van der Waals surface area (Å²) in [4.78, 5) is 38.2. The number of thioether (sulfide) groups is 2. The summed E-state index contributed by atoms with van der Waals surface area (Å²) in [6.45, 7) is 0.184. The molecule has 2 aliphatic heterocycles. The fourth-order valence-electron chi connectivity index (χ4n) is 3.31. The Morgan fingerprint density at radius 3 is 2.79 bits per heavy atom. The number of nitrogens with one attached hydrogen (secondary N) is 2. The molecule has 33 heavy (non-hydrogen) atoms. The predicted octanol–water partition coefficient (Wildman–Crippen LogP) is 1.73. The summed E-state index contributed by atoms with van der Waals surface area (Å²) in [6, 6.07) is 3.62. The van der Waals surface area contributed by atoms with E-state index in [4.69, 9.17) is 23.2 Å². The van der Waals surface area contributed by atoms with Crippen LogP contribution in [0.1, 0.15) is 5.56 Å². The number of hydrogen-bond donors (Lipinski definition) is 3. The average molecular weight is 530 g/mol. The number of rotatable bonds is 7. The number of β-lactam (4-membered cyclic amide) rings is 1. The van der Waals surface area contributed by atoms with Crippen molar-refractivity contribution in [1.29, 1.82) is 0 Å². The number of tetrazole rings is 1. The van der Waals surface area contributed by atoms with Crippen molar-refractivity contribution in [3.8, 4) is 0 Å². The van der Waals surface area contributed by atoms with Crippen molar-refractivity contribution < 1.29 is 19.5 Å². The molecule has 1 fully saturated rings. The molecular formula is C18H17Cl2N7O4S2. The third kappa shape index (κ3) is 4.90. The first kappa shape index (κ1) is 23.7. The zero-order chi connectivity index (χ0) is 23.7. The third-order valence-electron chi connectivity index (χ3n) is 4.93. The van der Waals surface area contributed by atoms with Crippen LogP contribution in [0.3, 0.4) is 0 Å². The molecule has 1 unspecified atom stereocenters. The molecule has 174 valence electrons. The highest BCUT2D eigenvalue weighted by Crippen LogP contribution is 2.41. The highest BCUT2D eigenvalue weighted by Gasteiger charge is 2.54. The number of carbonyl (C=O) groups is 3. The minimum Gasteiger partial charge on any atom is -0.477 e. The molecule has 15 heteroatoms. The Bertz CT molecular complexity index is 1160. The summed E-state index contributed by atoms with van der Waals surface area (Å²) < 4.78 is 1.48. The van der Waals surface area contributed by atoms with Crippen molar-refractivity contribution >= 4 is 64.6 Å². The number of aryl methyl sites for hydroxylation is 1. The van der Waals surface area contributed by atoms with Gasteiger partial charge < -0.3 is 15.7 Å². The van der Waals surface area contributed by atoms with Crippen LogP contribution in [0.5, 0.6) is 0 Å². The first-order chi connectivity index (χ1) is 15.8. The zero-order valence-electron chi connectivity index (χ0n) is 17.0. The van der Waals surface area contributed by atoms with E-state index in [0.717, 1.165) is 5.56 Å². The molecule has 3 heterocycles. The molecule has 0 saturated carbocycles. The van der Waals surface area contributed by atoms with Gasteiger partial charge in [-0.15, -0.1) is 16.9 Å². The van der Waals surface area contributed by atoms with Crippen LogP contribution in [0, 0.1) is 0 Å². The molecule has 11 nitrogen and oxygen atoms in total. The zero-order valence-corrected chi connectivity index (χ0v) is 20.1. The van der Waals surface area contributed by atoms with Gasteiger partial charge in [0.05, 0.1) is 10.0 Å². The number of hydrogen-bond acceptors (Lipinski definition) is 8. The number of aliphatic carboxylic acids is 1. The van der Waals surface area contributed by atoms with E-state index >= 15 is 0 Å². The highest BCUT2D eigenvalue weighted by molar-refractivity contribution is 8.01. The van der Waals surface area contributed by atoms with Gasteiger partial charge in [-0.25, -0.2) is 14.3 Å². The van der Waals surface area contributed by atoms with E-state index in [1.165, 1.54) is 33.1 Å². The normalized spacial score (nSPS) is 19.7. The second-order valence-electron chi connectivity index (χ2n) is 7.09. The molecular weight excluding hydrogens is 513 g/mol. The molecule has 2 aliphatic rings. The predicted molar refractivity (Wildman–Crippen MR) is 123 cm³/mol. The summed E-state index contributed by atoms with van der Waals surface area (Å²) in [5.74, 6) is -0.945. The van der Waals surface area contributed by atoms with Gasteiger partial charge in [0.15, 0.2) is 0 Å². The van der Waals surface area contributed by atoms with E-state index in [1.54, 1.807) is 25.2 Å². The number of amides is 3. The molecule has 0 bridgehead atoms. The van der Waals surface area contributed by atoms with Gasteiger partial charge in [0.1, 0.15) is 17.1 Å². The molecule has 0 aliphatic carbocycles. The molecule has 2 aromatic rings. The van der Waals surface area contributed by atoms with Crippen LogP contribution in [0.15, 0.2) is 34.6 Å². The Morgan fingerprint density at radius 2 is 2.12 bits per heavy atom. The van der Waals surface area contributed by atoms with E-state index in [0.29, 0.717) is 32.3 Å². The van der Waals surface area contributed by atoms with Gasteiger partial charge in [-0.05, 0) is 33.7 Å². The monoisotopic (exact) mass is 529 g/mol. The van der Waals surface area contributed by atoms with Crippen LogP contribution in [-0.2, 0) is 23.2 Å². The van der Waals surface area contributed by atoms with E-state index in [9.17, 15) is 19.5 Å². The number of carboxylic acid groups (broad SMARTS) is 1. The highest BCUT2D eigenvalue weighted by atomic mass is 35.5. The van der Waals surface area contributed by atoms with Crippen LogP contribution >= 0.6 is 46.7 Å². The molecule has 1 aromatic heterocycles. The number of aromatic nitrogens is 4. The first-order valence-electron chi connectivity index (χ1n) is 9.49. The van der Waals surface area contributed by atoms with Crippen LogP contribution in [-0.4, -0.2) is 71.0 Å². The van der Waals surface area contributed by atoms with Crippen LogP contribution < -0.4 is 10.6 Å². The fourth-order valence-corrected chi connectivity index (χ4v) is 5.97. The van der Waals surface area contributed by atoms with Gasteiger partial charge in [0, 0.05) is 25.1 Å². The van der Waals surface area contributed by atoms with Gasteiger partial charge in [0.25, 0.3) is 5.91 Å². The summed E-state index contributed by atoms with van der Waals surface area (Å²) >= 11 is 14.5. The SMILES string of the molecule is Cn1nnnc1SCC1=C(C(=O)O)N2C(=O)C(NC(=O)NCc3ccc(Cl)c(Cl)c3)[C@@H]2SC1. The topological polar surface area (TPSA) is 142 Å². The minimum atomic E-state index is -1.19. The lowest BCUT2D eigenvalue weighted by atomic mass is 10.0. The lowest BCUT2D eigenvalue weighted by Crippen LogP contribution is -2.71. The number of carbonyl (C=O) groups excluding carboxylic acids is 2. The van der Waals surface area contributed by atoms with Crippen molar-refractivity contribution in [2.24, 2.45) is 7.05 Å². The van der Waals surface area contributed by atoms with Crippen molar-refractivity contribution in [1.82, 2.24) is 35.7 Å². The Hall–Kier alpha value is -2.48. The van der Waals surface area contributed by atoms with Crippen LogP contribution in [0.4, 0.5) is 4.79 Å². The summed E-state index contributed by atoms with van der Waals surface area (Å²) in [5.41, 5.74) is 1.28. The van der Waals surface area contributed by atoms with Crippen LogP contribution in [0.25, 0.3) is 0 Å². The van der Waals surface area contributed by atoms with Gasteiger partial charge in [-0.1, -0.05) is 41.0 Å². The Kier molecular flexibility index (Phi) is 7.02. The van der Waals surface area contributed by atoms with E-state index in [2.05, 4.69) is 26.2 Å². The van der Waals surface area contributed by atoms with Gasteiger partial charge in [-0.3, -0.25) is 9.69 Å². The third-order valence-corrected chi connectivity index (χ3v) is 8.11. The first-order valence-corrected chi connectivity index (χ1v) is 12.3. The Morgan fingerprint density at radius 1 is 1.33 bits per heavy atom. The summed E-state index contributed by atoms with van der Waals surface area (Å²) in [7, 11) is 1.68. The second kappa shape index (κ2) is 9.79. The maximum Gasteiger partial charge on any atom is 0.352 e. The number of benzene rings is 1. The van der Waals surface area contributed by atoms with Crippen molar-refractivity contribution in [2.45, 2.75) is 23.1 Å². The van der Waals surface area contributed by atoms with E-state index in [-0.39, 0.29) is 12.2 Å². The number of fused-ring (bicyclic) bond motifs is 1. The number of carboxylic acids is 1. The molecule has 2 atom stereocenters. The fraction of sp³-hybridized carbons (Fsp3) is 0.333. The van der Waals surface area contributed by atoms with Crippen molar-refractivity contribution in [3.63, 3.8) is 0 Å². The molecule has 3 N–H and O–H groups in total. The summed E-state index contributed by atoms with van der Waals surface area (Å²) in [5, 5.41) is 27.0. The lowest BCUT2D eigenvalue weighted by molar-refractivity contribution is -0.148. The van der Waals surface area contributed by atoms with Gasteiger partial charge >= 0.3 is 12.0 Å². The Balaban J connectivity index is 1.38. The standard InChI is InChI=1S/C18H17Cl2N7O4S2/c1-26-18(23-24-25-26)33-7-9-6-32-15-12(14(28)27(15)13(9)16(29)30)22-17(31)21-5-8-2-3-10(19)11(20)4-8/h2-4,12,15H,5-7H2,1H3,(H,29,30)(H2,21,22,31)/t12?,15-/m0/s1. The number of halogens is 2. The average Bonchev–Trinajstić information content (AvgIpc) is 3.20. The van der Waals surface area contributed by atoms with Gasteiger partial charge in [0.2, 0.25) is 5.16 Å². The molecule has 3 amide bonds. The molecule has 4 rings (SSSR count). The minimum absolute atomic E-state index is 0.0550. The largest absolute Gasteiger partial charge is 0.477 e. The van der Waals surface area contributed by atoms with E-state index in [1.807, 2.05) is 0 Å². The lowest BCUT2D eigenvalue weighted by Gasteiger charge is -2.49. The number of urea groups is 1. The molecule has 1 saturated heterocycles. The maximum absolute atomic E-state index is 12.7. The number of nitrogens with zero attached hydrogens (tertiary/aromatic N) is 5. The Labute approximate surface area is 206 Å². The van der Waals surface area contributed by atoms with Crippen LogP contribution in [0.2, 0.25) is 10.0 Å². The molecule has 0 radical (unpaired) electrons. The van der Waals surface area contributed by atoms with Crippen molar-refractivity contribution in [3.05, 3.63) is 45.1 Å². The van der Waals surface area contributed by atoms with Gasteiger partial charge in [-0.2, -0.15) is 0 Å². The molecule has 0 spiro atoms. The summed E-state index contributed by atoms with van der Waals surface area (Å²) in [6.07, 6.45) is 0. The molecule has 1 aromatic carbocycles. The quantitative estimate of drug-likeness (QED) is 0.360. The van der Waals surface area contributed by atoms with E-state index < -0.39 is 29.3 Å². The van der Waals surface area contributed by atoms with Crippen molar-refractivity contribution in [2.75, 3.05) is 11.5 Å².